The van der Waals surface area contributed by atoms with E-state index in [-0.39, 0.29) is 39.7 Å². The van der Waals surface area contributed by atoms with Crippen LogP contribution in [0.25, 0.3) is 11.2 Å². The Morgan fingerprint density at radius 1 is 1.12 bits per heavy atom. The number of fused-ring (bicyclic) bond motifs is 3. The van der Waals surface area contributed by atoms with Gasteiger partial charge < -0.3 is 55.3 Å². The van der Waals surface area contributed by atoms with Crippen LogP contribution in [-0.2, 0) is 43.8 Å². The molecule has 1 fully saturated rings. The molecule has 2 bridgehead atoms. The van der Waals surface area contributed by atoms with Gasteiger partial charge in [-0.25, -0.2) is 24.0 Å². The van der Waals surface area contributed by atoms with Crippen molar-refractivity contribution >= 4 is 53.8 Å². The van der Waals surface area contributed by atoms with Crippen molar-refractivity contribution in [3.63, 3.8) is 0 Å². The molecule has 1 unspecified atom stereocenters. The highest BCUT2D eigenvalue weighted by molar-refractivity contribution is 7.47. The van der Waals surface area contributed by atoms with Gasteiger partial charge in [0.05, 0.1) is 44.4 Å². The molecule has 0 saturated carbocycles. The number of phosphoric ester groups is 1. The third-order valence-electron chi connectivity index (χ3n) is 10.0. The molecule has 1 aromatic carbocycles. The maximum absolute atomic E-state index is 13.7. The van der Waals surface area contributed by atoms with Gasteiger partial charge in [-0.05, 0) is 56.4 Å². The summed E-state index contributed by atoms with van der Waals surface area (Å²) >= 11 is 6.51. The normalized spacial score (nSPS) is 30.1. The Kier molecular flexibility index (Phi) is 15.6. The van der Waals surface area contributed by atoms with Gasteiger partial charge in [-0.1, -0.05) is 36.2 Å². The number of Topliss-reactive ketones (excluding diaryl/α,β-unsaturated/α-hetero) is 1. The van der Waals surface area contributed by atoms with Crippen molar-refractivity contribution in [2.24, 2.45) is 11.7 Å². The molecule has 330 valence electrons. The van der Waals surface area contributed by atoms with E-state index >= 15 is 0 Å². The van der Waals surface area contributed by atoms with Crippen molar-refractivity contribution in [1.29, 1.82) is 0 Å². The third kappa shape index (κ3) is 11.7. The number of rotatable bonds is 10. The molecule has 5 rings (SSSR count). The summed E-state index contributed by atoms with van der Waals surface area (Å²) in [6.07, 6.45) is -6.90. The third-order valence-corrected chi connectivity index (χ3v) is 11.4. The lowest BCUT2D eigenvalue weighted by atomic mass is 9.93. The van der Waals surface area contributed by atoms with E-state index in [1.807, 2.05) is 13.0 Å². The van der Waals surface area contributed by atoms with E-state index < -0.39 is 93.8 Å². The van der Waals surface area contributed by atoms with Gasteiger partial charge in [-0.15, -0.1) is 0 Å². The van der Waals surface area contributed by atoms with Gasteiger partial charge in [-0.3, -0.25) is 24.4 Å². The molecular weight excluding hydrogens is 833 g/mol. The molecule has 1 saturated heterocycles. The van der Waals surface area contributed by atoms with E-state index in [1.165, 1.54) is 44.4 Å². The number of nitrogens with two attached hydrogens (primary N) is 2. The fraction of sp³-hybridized carbons (Fsp3) is 0.541. The first-order chi connectivity index (χ1) is 28.2. The molecule has 2 aliphatic heterocycles. The Labute approximate surface area is 349 Å². The molecule has 3 aromatic rings. The molecule has 23 heteroatoms. The summed E-state index contributed by atoms with van der Waals surface area (Å²) in [6.45, 7) is 4.12. The zero-order valence-electron chi connectivity index (χ0n) is 33.5. The molecule has 2 aromatic heterocycles. The fourth-order valence-electron chi connectivity index (χ4n) is 6.87. The Morgan fingerprint density at radius 2 is 1.85 bits per heavy atom. The Bertz CT molecular complexity index is 2140. The van der Waals surface area contributed by atoms with Crippen molar-refractivity contribution in [1.82, 2.24) is 19.5 Å². The number of amides is 1. The van der Waals surface area contributed by atoms with Crippen LogP contribution in [0.2, 0.25) is 5.02 Å². The van der Waals surface area contributed by atoms with Crippen LogP contribution in [0.5, 0.6) is 5.75 Å². The second kappa shape index (κ2) is 19.8. The predicted octanol–water partition coefficient (Wildman–Crippen LogP) is 2.00. The second-order valence-corrected chi connectivity index (χ2v) is 16.4. The fourth-order valence-corrected chi connectivity index (χ4v) is 7.86. The van der Waals surface area contributed by atoms with Crippen molar-refractivity contribution in [2.45, 2.75) is 102 Å². The molecule has 10 atom stereocenters. The zero-order valence-corrected chi connectivity index (χ0v) is 35.2. The number of halogens is 1. The van der Waals surface area contributed by atoms with E-state index in [4.69, 9.17) is 51.1 Å². The molecule has 1 amide bonds. The van der Waals surface area contributed by atoms with Crippen molar-refractivity contribution < 1.29 is 67.5 Å². The number of methoxy groups -OCH3 is 2. The van der Waals surface area contributed by atoms with Crippen LogP contribution >= 0.6 is 19.4 Å². The average Bonchev–Trinajstić information content (AvgIpc) is 3.72. The minimum absolute atomic E-state index is 0.0579. The summed E-state index contributed by atoms with van der Waals surface area (Å²) in [6, 6.07) is 3.46. The van der Waals surface area contributed by atoms with E-state index in [0.29, 0.717) is 18.6 Å². The molecule has 0 spiro atoms. The van der Waals surface area contributed by atoms with Gasteiger partial charge in [0.2, 0.25) is 5.91 Å². The number of hydrogen-bond donors (Lipinski definition) is 8. The maximum atomic E-state index is 13.7. The van der Waals surface area contributed by atoms with Crippen molar-refractivity contribution in [2.75, 3.05) is 31.9 Å². The second-order valence-electron chi connectivity index (χ2n) is 14.7. The number of aliphatic hydroxyl groups excluding tert-OH is 3. The first-order valence-electron chi connectivity index (χ1n) is 18.8. The molecule has 21 nitrogen and oxygen atoms in total. The van der Waals surface area contributed by atoms with Crippen LogP contribution < -0.4 is 21.5 Å². The van der Waals surface area contributed by atoms with Crippen LogP contribution in [0.1, 0.15) is 58.2 Å². The summed E-state index contributed by atoms with van der Waals surface area (Å²) in [5.74, 6) is -1.52. The number of imidazole rings is 1. The number of nitrogens with zero attached hydrogens (tertiary/aromatic N) is 4. The number of aliphatic hydroxyl groups is 4. The lowest BCUT2D eigenvalue weighted by Crippen LogP contribution is -2.49. The molecule has 60 heavy (non-hydrogen) atoms. The number of aromatic nitrogens is 4. The van der Waals surface area contributed by atoms with Crippen LogP contribution in [-0.4, -0.2) is 120 Å². The number of nitrogens with one attached hydrogen (secondary N) is 1. The number of benzene rings is 1. The van der Waals surface area contributed by atoms with Gasteiger partial charge in [0.25, 0.3) is 0 Å². The van der Waals surface area contributed by atoms with Crippen LogP contribution in [0, 0.1) is 5.92 Å². The summed E-state index contributed by atoms with van der Waals surface area (Å²) < 4.78 is 46.4. The number of allylic oxidation sites excluding steroid dienone is 2. The molecular formula is C37H51ClN7O14P. The van der Waals surface area contributed by atoms with E-state index in [0.717, 1.165) is 11.1 Å². The lowest BCUT2D eigenvalue weighted by Gasteiger charge is -2.32. The lowest BCUT2D eigenvalue weighted by molar-refractivity contribution is -0.342. The number of hydrogen-bond acceptors (Lipinski definition) is 18. The summed E-state index contributed by atoms with van der Waals surface area (Å²) in [5, 5.41) is 46.4. The highest BCUT2D eigenvalue weighted by Gasteiger charge is 2.47. The molecule has 4 heterocycles. The number of nitrogen functional groups attached to an aromatic ring is 1. The number of phosphoric acid groups is 1. The van der Waals surface area contributed by atoms with Crippen LogP contribution in [0.4, 0.5) is 11.5 Å². The molecule has 10 N–H and O–H groups in total. The van der Waals surface area contributed by atoms with Crippen molar-refractivity contribution in [3.05, 3.63) is 58.7 Å². The monoisotopic (exact) mass is 883 g/mol. The highest BCUT2D eigenvalue weighted by atomic mass is 35.5. The molecule has 2 aliphatic rings. The van der Waals surface area contributed by atoms with Crippen LogP contribution in [0.3, 0.4) is 0 Å². The summed E-state index contributed by atoms with van der Waals surface area (Å²) in [5.41, 5.74) is 14.3. The minimum atomic E-state index is -5.36. The Balaban J connectivity index is 1.31. The van der Waals surface area contributed by atoms with Gasteiger partial charge in [0, 0.05) is 19.4 Å². The van der Waals surface area contributed by atoms with Gasteiger partial charge >= 0.3 is 13.9 Å². The standard InChI is InChI=1S/C37H51ClN7O14P/c1-18-7-6-8-25(54-4)24(47)13-26(20(3)10-19(2)23(46)14-29(48)44-22-11-21(9-18)12-27(55-5)30(22)38)58-37(40,51)59-60(52,53)56-15-28-32(49)33(50)36(57-28)45-17-43-31-34(39)41-16-42-35(31)45/h7,10-12,16-17,20,23,25-26,28,32-33,36,46,49-51H,6,8-9,13-15,40H2,1-5H3,(H,44,48)(H,52,53)(H2,39,41,42)/b18-7+,19-10+/t20-,23-,25+,26-,28+,32+,33+,36+,37-/m0/s1. The number of ether oxygens (including phenoxy) is 4. The minimum Gasteiger partial charge on any atom is -0.495 e. The number of ketones is 1. The van der Waals surface area contributed by atoms with Gasteiger partial charge in [0.1, 0.15) is 47.0 Å². The Morgan fingerprint density at radius 3 is 2.55 bits per heavy atom. The summed E-state index contributed by atoms with van der Waals surface area (Å²) in [4.78, 5) is 49.4. The summed E-state index contributed by atoms with van der Waals surface area (Å²) in [7, 11) is -2.56. The smallest absolute Gasteiger partial charge is 0.477 e. The molecule has 0 aliphatic carbocycles. The maximum Gasteiger partial charge on any atom is 0.477 e. The van der Waals surface area contributed by atoms with Crippen molar-refractivity contribution in [3.8, 4) is 5.75 Å². The Hall–Kier alpha value is -3.93. The highest BCUT2D eigenvalue weighted by Crippen LogP contribution is 2.47. The number of anilines is 2. The SMILES string of the molecule is COc1cc2cc(c1Cl)NC(=O)C[C@H](O)/C(C)=C/[C@H](C)[C@@H](O[C@](N)(O)OP(=O)(O)OC[C@H]1O[C@@H](n3cnc4c(N)ncnc43)[C@H](O)[C@@H]1O)CC(=O)[C@H](OC)CC/C=C(\C)C2. The first kappa shape index (κ1) is 47.1. The topological polar surface area (TPSA) is 315 Å². The number of carbonyl (C=O) groups excluding carboxylic acids is 2. The quantitative estimate of drug-likeness (QED) is 0.0820. The first-order valence-corrected chi connectivity index (χ1v) is 20.6. The average molecular weight is 884 g/mol. The zero-order chi connectivity index (χ0) is 44.1. The van der Waals surface area contributed by atoms with E-state index in [2.05, 4.69) is 20.3 Å². The predicted molar refractivity (Wildman–Crippen MR) is 214 cm³/mol. The largest absolute Gasteiger partial charge is 0.495 e. The van der Waals surface area contributed by atoms with E-state index in [9.17, 15) is 39.5 Å². The van der Waals surface area contributed by atoms with Gasteiger partial charge in [0.15, 0.2) is 23.5 Å². The molecule has 0 radical (unpaired) electrons. The van der Waals surface area contributed by atoms with E-state index in [1.54, 1.807) is 19.1 Å². The van der Waals surface area contributed by atoms with Gasteiger partial charge in [-0.2, -0.15) is 0 Å². The van der Waals surface area contributed by atoms with Crippen LogP contribution in [0.15, 0.2) is 48.1 Å². The number of carbonyl (C=O) groups is 2.